The van der Waals surface area contributed by atoms with Crippen LogP contribution in [0.1, 0.15) is 23.6 Å². The number of rotatable bonds is 3. The van der Waals surface area contributed by atoms with Gasteiger partial charge in [0.15, 0.2) is 0 Å². The Morgan fingerprint density at radius 1 is 1.36 bits per heavy atom. The van der Waals surface area contributed by atoms with Gasteiger partial charge in [-0.25, -0.2) is 0 Å². The molecule has 2 nitrogen and oxygen atoms in total. The Balaban J connectivity index is 2.91. The molecular weight excluding hydrogens is 176 g/mol. The zero-order chi connectivity index (χ0) is 10.7. The first-order valence-electron chi connectivity index (χ1n) is 4.80. The predicted octanol–water partition coefficient (Wildman–Crippen LogP) is 2.57. The van der Waals surface area contributed by atoms with Crippen molar-refractivity contribution in [1.29, 1.82) is 0 Å². The van der Waals surface area contributed by atoms with Crippen molar-refractivity contribution in [3.63, 3.8) is 0 Å². The first kappa shape index (κ1) is 10.8. The van der Waals surface area contributed by atoms with Crippen molar-refractivity contribution >= 4 is 5.97 Å². The molecular formula is C12H16O2. The minimum Gasteiger partial charge on any atom is -0.481 e. The van der Waals surface area contributed by atoms with Gasteiger partial charge in [0.25, 0.3) is 0 Å². The van der Waals surface area contributed by atoms with Gasteiger partial charge in [0.05, 0.1) is 5.92 Å². The zero-order valence-corrected chi connectivity index (χ0v) is 8.87. The summed E-state index contributed by atoms with van der Waals surface area (Å²) in [6, 6.07) is 6.05. The van der Waals surface area contributed by atoms with Crippen LogP contribution < -0.4 is 0 Å². The fourth-order valence-electron chi connectivity index (χ4n) is 1.56. The summed E-state index contributed by atoms with van der Waals surface area (Å²) >= 11 is 0. The minimum atomic E-state index is -0.729. The van der Waals surface area contributed by atoms with E-state index < -0.39 is 5.97 Å². The van der Waals surface area contributed by atoms with E-state index in [2.05, 4.69) is 0 Å². The Hall–Kier alpha value is -1.31. The largest absolute Gasteiger partial charge is 0.481 e. The Kier molecular flexibility index (Phi) is 3.28. The van der Waals surface area contributed by atoms with E-state index >= 15 is 0 Å². The number of carboxylic acid groups (broad SMARTS) is 1. The van der Waals surface area contributed by atoms with Gasteiger partial charge < -0.3 is 5.11 Å². The Labute approximate surface area is 84.6 Å². The summed E-state index contributed by atoms with van der Waals surface area (Å²) in [5.41, 5.74) is 3.53. The maximum absolute atomic E-state index is 10.7. The number of carbonyl (C=O) groups is 1. The molecule has 0 heterocycles. The molecule has 0 bridgehead atoms. The molecule has 0 amide bonds. The van der Waals surface area contributed by atoms with Crippen LogP contribution in [0.4, 0.5) is 0 Å². The Morgan fingerprint density at radius 3 is 2.29 bits per heavy atom. The molecule has 0 spiro atoms. The smallest absolute Gasteiger partial charge is 0.306 e. The van der Waals surface area contributed by atoms with Crippen LogP contribution in [0.3, 0.4) is 0 Å². The summed E-state index contributed by atoms with van der Waals surface area (Å²) < 4.78 is 0. The number of benzene rings is 1. The van der Waals surface area contributed by atoms with Gasteiger partial charge in [0, 0.05) is 0 Å². The van der Waals surface area contributed by atoms with Gasteiger partial charge in [0.1, 0.15) is 0 Å². The summed E-state index contributed by atoms with van der Waals surface area (Å²) in [6.45, 7) is 5.79. The van der Waals surface area contributed by atoms with Crippen molar-refractivity contribution in [1.82, 2.24) is 0 Å². The van der Waals surface area contributed by atoms with E-state index in [9.17, 15) is 4.79 Å². The molecule has 76 valence electrons. The van der Waals surface area contributed by atoms with Crippen LogP contribution in [-0.2, 0) is 11.2 Å². The second-order valence-corrected chi connectivity index (χ2v) is 3.81. The first-order valence-corrected chi connectivity index (χ1v) is 4.80. The maximum atomic E-state index is 10.7. The minimum absolute atomic E-state index is 0.310. The molecule has 0 fully saturated rings. The predicted molar refractivity (Wildman–Crippen MR) is 56.4 cm³/mol. The van der Waals surface area contributed by atoms with Crippen molar-refractivity contribution in [3.8, 4) is 0 Å². The summed E-state index contributed by atoms with van der Waals surface area (Å²) in [4.78, 5) is 10.7. The number of carboxylic acids is 1. The third kappa shape index (κ3) is 2.34. The molecule has 0 saturated carbocycles. The molecule has 2 heteroatoms. The lowest BCUT2D eigenvalue weighted by molar-refractivity contribution is -0.141. The summed E-state index contributed by atoms with van der Waals surface area (Å²) in [7, 11) is 0. The topological polar surface area (TPSA) is 37.3 Å². The lowest BCUT2D eigenvalue weighted by Gasteiger charge is -2.11. The number of hydrogen-bond acceptors (Lipinski definition) is 1. The quantitative estimate of drug-likeness (QED) is 0.799. The molecule has 0 aliphatic rings. The standard InChI is InChI=1S/C12H16O2/c1-8-5-4-6-9(2)11(8)7-10(3)12(13)14/h4-6,10H,7H2,1-3H3,(H,13,14). The Morgan fingerprint density at radius 2 is 1.86 bits per heavy atom. The molecule has 14 heavy (non-hydrogen) atoms. The van der Waals surface area contributed by atoms with Gasteiger partial charge in [-0.05, 0) is 37.0 Å². The molecule has 1 aromatic carbocycles. The lowest BCUT2D eigenvalue weighted by atomic mass is 9.94. The summed E-state index contributed by atoms with van der Waals surface area (Å²) in [5, 5.41) is 8.83. The highest BCUT2D eigenvalue weighted by Gasteiger charge is 2.13. The van der Waals surface area contributed by atoms with E-state index in [1.165, 1.54) is 16.7 Å². The third-order valence-corrected chi connectivity index (χ3v) is 2.58. The number of hydrogen-bond donors (Lipinski definition) is 1. The number of aliphatic carboxylic acids is 1. The Bertz CT molecular complexity index is 322. The van der Waals surface area contributed by atoms with Crippen molar-refractivity contribution in [2.45, 2.75) is 27.2 Å². The van der Waals surface area contributed by atoms with Crippen LogP contribution in [0.15, 0.2) is 18.2 Å². The van der Waals surface area contributed by atoms with E-state index in [0.717, 1.165) is 0 Å². The second kappa shape index (κ2) is 4.27. The molecule has 1 rings (SSSR count). The van der Waals surface area contributed by atoms with Crippen LogP contribution in [0.25, 0.3) is 0 Å². The molecule has 1 N–H and O–H groups in total. The van der Waals surface area contributed by atoms with Crippen LogP contribution in [0.5, 0.6) is 0 Å². The maximum Gasteiger partial charge on any atom is 0.306 e. The van der Waals surface area contributed by atoms with Gasteiger partial charge in [-0.2, -0.15) is 0 Å². The SMILES string of the molecule is Cc1cccc(C)c1CC(C)C(=O)O. The van der Waals surface area contributed by atoms with Crippen LogP contribution in [-0.4, -0.2) is 11.1 Å². The van der Waals surface area contributed by atoms with E-state index in [-0.39, 0.29) is 5.92 Å². The second-order valence-electron chi connectivity index (χ2n) is 3.81. The highest BCUT2D eigenvalue weighted by Crippen LogP contribution is 2.17. The van der Waals surface area contributed by atoms with Gasteiger partial charge in [-0.1, -0.05) is 25.1 Å². The fourth-order valence-corrected chi connectivity index (χ4v) is 1.56. The average Bonchev–Trinajstić information content (AvgIpc) is 2.11. The van der Waals surface area contributed by atoms with E-state index in [1.807, 2.05) is 32.0 Å². The zero-order valence-electron chi connectivity index (χ0n) is 8.87. The molecule has 0 aliphatic carbocycles. The third-order valence-electron chi connectivity index (χ3n) is 2.58. The number of aryl methyl sites for hydroxylation is 2. The van der Waals surface area contributed by atoms with Crippen LogP contribution in [0.2, 0.25) is 0 Å². The fraction of sp³-hybridized carbons (Fsp3) is 0.417. The molecule has 1 atom stereocenters. The molecule has 0 radical (unpaired) electrons. The highest BCUT2D eigenvalue weighted by atomic mass is 16.4. The van der Waals surface area contributed by atoms with E-state index in [1.54, 1.807) is 6.92 Å². The van der Waals surface area contributed by atoms with Gasteiger partial charge >= 0.3 is 5.97 Å². The summed E-state index contributed by atoms with van der Waals surface area (Å²) in [6.07, 6.45) is 0.619. The normalized spacial score (nSPS) is 12.5. The molecule has 1 unspecified atom stereocenters. The van der Waals surface area contributed by atoms with Gasteiger partial charge in [-0.3, -0.25) is 4.79 Å². The lowest BCUT2D eigenvalue weighted by Crippen LogP contribution is -2.13. The van der Waals surface area contributed by atoms with Gasteiger partial charge in [0.2, 0.25) is 0 Å². The van der Waals surface area contributed by atoms with E-state index in [4.69, 9.17) is 5.11 Å². The molecule has 0 aliphatic heterocycles. The van der Waals surface area contributed by atoms with Crippen molar-refractivity contribution in [2.24, 2.45) is 5.92 Å². The highest BCUT2D eigenvalue weighted by molar-refractivity contribution is 5.70. The average molecular weight is 192 g/mol. The summed E-state index contributed by atoms with van der Waals surface area (Å²) in [5.74, 6) is -1.04. The van der Waals surface area contributed by atoms with Crippen molar-refractivity contribution in [2.75, 3.05) is 0 Å². The van der Waals surface area contributed by atoms with Gasteiger partial charge in [-0.15, -0.1) is 0 Å². The molecule has 1 aromatic rings. The van der Waals surface area contributed by atoms with Crippen molar-refractivity contribution in [3.05, 3.63) is 34.9 Å². The molecule has 0 aromatic heterocycles. The first-order chi connectivity index (χ1) is 6.52. The van der Waals surface area contributed by atoms with Crippen LogP contribution >= 0.6 is 0 Å². The molecule has 0 saturated heterocycles. The van der Waals surface area contributed by atoms with Crippen molar-refractivity contribution < 1.29 is 9.90 Å². The van der Waals surface area contributed by atoms with E-state index in [0.29, 0.717) is 6.42 Å². The van der Waals surface area contributed by atoms with Crippen LogP contribution in [0, 0.1) is 19.8 Å². The monoisotopic (exact) mass is 192 g/mol.